The number of fused-ring (bicyclic) bond motifs is 2. The summed E-state index contributed by atoms with van der Waals surface area (Å²) in [5.74, 6) is 0.394. The fraction of sp³-hybridized carbons (Fsp3) is 0.345. The molecule has 5 aromatic carbocycles. The van der Waals surface area contributed by atoms with Crippen molar-refractivity contribution >= 4 is 108 Å². The van der Waals surface area contributed by atoms with Crippen LogP contribution in [0.25, 0.3) is 21.8 Å². The molecule has 0 radical (unpaired) electrons. The average Bonchev–Trinajstić information content (AvgIpc) is 3.43. The lowest BCUT2D eigenvalue weighted by Crippen LogP contribution is -2.44. The molecule has 0 bridgehead atoms. The van der Waals surface area contributed by atoms with Crippen LogP contribution in [0.15, 0.2) is 102 Å². The first-order chi connectivity index (χ1) is 38.5. The van der Waals surface area contributed by atoms with Gasteiger partial charge in [-0.15, -0.1) is 0 Å². The molecule has 0 unspecified atom stereocenters. The van der Waals surface area contributed by atoms with Crippen molar-refractivity contribution < 1.29 is 64.5 Å². The summed E-state index contributed by atoms with van der Waals surface area (Å²) in [4.78, 5) is 39.7. The number of nitrogens with two attached hydrogens (primary N) is 1. The number of amides is 1. The highest BCUT2D eigenvalue weighted by Gasteiger charge is 2.38. The third-order valence-corrected chi connectivity index (χ3v) is 13.7. The number of benzene rings is 5. The van der Waals surface area contributed by atoms with Gasteiger partial charge in [0, 0.05) is 53.9 Å². The smallest absolute Gasteiger partial charge is 0.490 e. The summed E-state index contributed by atoms with van der Waals surface area (Å²) < 4.78 is 90.1. The van der Waals surface area contributed by atoms with E-state index >= 15 is 0 Å². The van der Waals surface area contributed by atoms with E-state index in [4.69, 9.17) is 90.3 Å². The molecule has 0 aliphatic carbocycles. The van der Waals surface area contributed by atoms with Gasteiger partial charge >= 0.3 is 18.2 Å². The Morgan fingerprint density at radius 1 is 0.707 bits per heavy atom. The number of nitrogens with one attached hydrogen (secondary N) is 2. The number of nitrogens with zero attached hydrogens (tertiary/aromatic N) is 5. The zero-order valence-electron chi connectivity index (χ0n) is 45.5. The fourth-order valence-electron chi connectivity index (χ4n) is 7.52. The van der Waals surface area contributed by atoms with Crippen molar-refractivity contribution in [2.24, 2.45) is 0 Å². The van der Waals surface area contributed by atoms with E-state index in [0.717, 1.165) is 48.0 Å². The maximum atomic E-state index is 12.2. The van der Waals surface area contributed by atoms with E-state index < -0.39 is 27.9 Å². The molecule has 27 heteroatoms. The van der Waals surface area contributed by atoms with E-state index in [0.29, 0.717) is 97.2 Å². The van der Waals surface area contributed by atoms with Crippen LogP contribution in [0.5, 0.6) is 23.0 Å². The molecule has 9 rings (SSSR count). The molecule has 7 aromatic rings. The molecule has 0 spiro atoms. The number of hydrogen-bond acceptors (Lipinski definition) is 16. The van der Waals surface area contributed by atoms with Crippen LogP contribution < -0.4 is 35.3 Å². The van der Waals surface area contributed by atoms with Crippen molar-refractivity contribution in [1.29, 1.82) is 0 Å². The number of carboxylic acid groups (broad SMARTS) is 1. The second kappa shape index (κ2) is 29.9. The number of hydrogen-bond donors (Lipinski definition) is 5. The predicted molar refractivity (Wildman–Crippen MR) is 310 cm³/mol. The number of carbonyl (C=O) groups excluding carboxylic acids is 1. The van der Waals surface area contributed by atoms with E-state index in [2.05, 4.69) is 30.6 Å². The van der Waals surface area contributed by atoms with Crippen molar-refractivity contribution in [3.8, 4) is 23.0 Å². The van der Waals surface area contributed by atoms with Gasteiger partial charge in [0.05, 0.1) is 51.6 Å². The Hall–Kier alpha value is -6.86. The number of methoxy groups -OCH3 is 2. The van der Waals surface area contributed by atoms with Crippen molar-refractivity contribution in [2.75, 3.05) is 51.4 Å². The molecule has 2 aliphatic rings. The van der Waals surface area contributed by atoms with E-state index in [1.165, 1.54) is 24.8 Å². The van der Waals surface area contributed by atoms with Crippen molar-refractivity contribution in [2.45, 2.75) is 89.2 Å². The normalized spacial score (nSPS) is 13.8. The highest BCUT2D eigenvalue weighted by Crippen LogP contribution is 2.38. The molecular formula is C55H61Cl4F3N8O11S. The van der Waals surface area contributed by atoms with Crippen LogP contribution in [0.4, 0.5) is 35.2 Å². The summed E-state index contributed by atoms with van der Waals surface area (Å²) in [6, 6.07) is 24.2. The van der Waals surface area contributed by atoms with Gasteiger partial charge in [0.25, 0.3) is 10.1 Å². The van der Waals surface area contributed by atoms with Gasteiger partial charge in [-0.2, -0.15) is 21.6 Å². The molecule has 1 amide bonds. The quantitative estimate of drug-likeness (QED) is 0.0511. The van der Waals surface area contributed by atoms with E-state index in [1.807, 2.05) is 65.0 Å². The number of aromatic nitrogens is 4. The number of halogens is 7. The Labute approximate surface area is 492 Å². The first-order valence-corrected chi connectivity index (χ1v) is 27.9. The largest absolute Gasteiger partial charge is 0.493 e. The molecule has 19 nitrogen and oxygen atoms in total. The Bertz CT molecular complexity index is 3410. The number of aliphatic carboxylic acids is 1. The van der Waals surface area contributed by atoms with Crippen LogP contribution in [-0.4, -0.2) is 119 Å². The summed E-state index contributed by atoms with van der Waals surface area (Å²) in [7, 11) is -0.805. The van der Waals surface area contributed by atoms with Crippen LogP contribution >= 0.6 is 46.4 Å². The lowest BCUT2D eigenvalue weighted by Gasteiger charge is -2.33. The second-order valence-corrected chi connectivity index (χ2v) is 22.2. The topological polar surface area (TPSA) is 260 Å². The molecular weight excluding hydrogens is 1180 g/mol. The highest BCUT2D eigenvalue weighted by atomic mass is 35.5. The SMILES string of the molecule is COc1cc2ncnc(Cl)c2cc1OC1CCN(C(=O)OC(C)(C)C)CC1.COc1cc2ncnc(Nc3ccc(Cl)cc3Cl)c2cc1OC1CCNCC1.Cc1ccc(N)c(Cl)c1.Cc1ccc(S(=O)(=O)O)cc1.O=C(O)C(F)(F)F. The summed E-state index contributed by atoms with van der Waals surface area (Å²) in [6.45, 7) is 12.5. The molecule has 442 valence electrons. The number of aryl methyl sites for hydroxylation is 2. The minimum Gasteiger partial charge on any atom is -0.493 e. The Kier molecular flexibility index (Phi) is 24.1. The zero-order valence-corrected chi connectivity index (χ0v) is 49.3. The van der Waals surface area contributed by atoms with E-state index in [-0.39, 0.29) is 23.2 Å². The maximum Gasteiger partial charge on any atom is 0.490 e. The van der Waals surface area contributed by atoms with Crippen LogP contribution in [0, 0.1) is 13.8 Å². The number of carbonyl (C=O) groups is 2. The minimum atomic E-state index is -5.08. The first-order valence-electron chi connectivity index (χ1n) is 25.0. The Morgan fingerprint density at radius 2 is 1.23 bits per heavy atom. The van der Waals surface area contributed by atoms with Crippen molar-refractivity contribution in [3.05, 3.63) is 129 Å². The summed E-state index contributed by atoms with van der Waals surface area (Å²) in [5, 5.41) is 17.3. The lowest BCUT2D eigenvalue weighted by molar-refractivity contribution is -0.192. The molecule has 4 heterocycles. The zero-order chi connectivity index (χ0) is 60.5. The maximum absolute atomic E-state index is 12.2. The van der Waals surface area contributed by atoms with Gasteiger partial charge in [0.1, 0.15) is 41.4 Å². The van der Waals surface area contributed by atoms with Crippen LogP contribution in [0.2, 0.25) is 20.2 Å². The van der Waals surface area contributed by atoms with Crippen LogP contribution in [-0.2, 0) is 19.6 Å². The number of piperidine rings is 2. The molecule has 2 aliphatic heterocycles. The summed E-state index contributed by atoms with van der Waals surface area (Å²) in [6.07, 6.45) is 0.999. The molecule has 2 saturated heterocycles. The lowest BCUT2D eigenvalue weighted by atomic mass is 10.1. The highest BCUT2D eigenvalue weighted by molar-refractivity contribution is 7.85. The van der Waals surface area contributed by atoms with E-state index in [1.54, 1.807) is 61.6 Å². The number of nitrogen functional groups attached to an aromatic ring is 1. The first kappa shape index (κ1) is 65.9. The van der Waals surface area contributed by atoms with Gasteiger partial charge < -0.3 is 50.1 Å². The summed E-state index contributed by atoms with van der Waals surface area (Å²) in [5.41, 5.74) is 9.84. The number of rotatable bonds is 9. The van der Waals surface area contributed by atoms with Crippen molar-refractivity contribution in [3.63, 3.8) is 0 Å². The molecule has 6 N–H and O–H groups in total. The number of likely N-dealkylation sites (tertiary alicyclic amines) is 1. The third kappa shape index (κ3) is 20.5. The van der Waals surface area contributed by atoms with Crippen molar-refractivity contribution in [1.82, 2.24) is 30.2 Å². The van der Waals surface area contributed by atoms with Gasteiger partial charge in [-0.05, 0) is 121 Å². The minimum absolute atomic E-state index is 0.0292. The van der Waals surface area contributed by atoms with Gasteiger partial charge in [0.15, 0.2) is 23.0 Å². The molecule has 2 aromatic heterocycles. The molecule has 0 saturated carbocycles. The molecule has 2 fully saturated rings. The number of carboxylic acids is 1. The predicted octanol–water partition coefficient (Wildman–Crippen LogP) is 13.0. The number of alkyl halides is 3. The standard InChI is InChI=1S/C20H20Cl2N4O2.C19H24ClN3O4.C7H8ClN.C7H8O3S.C2HF3O2/c1-27-18-10-17-14(9-19(18)28-13-4-6-23-7-5-13)20(25-11-24-17)26-16-3-2-12(21)8-15(16)22;1-19(2,3)27-18(24)23-7-5-12(6-8-23)26-16-9-13-14(10-15(16)25-4)21-11-22-17(13)20;1-5-2-3-7(9)6(8)4-5;1-6-2-4-7(5-3-6)11(8,9)10;3-2(4,5)1(6)7/h2-3,8-11,13,23H,4-7H2,1H3,(H,24,25,26);9-12H,5-8H2,1-4H3;2-4H,9H2,1H3;2-5H,1H3,(H,8,9,10);(H,6,7). The molecule has 82 heavy (non-hydrogen) atoms. The third-order valence-electron chi connectivity index (χ3n) is 11.7. The van der Waals surface area contributed by atoms with Crippen LogP contribution in [0.1, 0.15) is 57.6 Å². The second-order valence-electron chi connectivity index (χ2n) is 19.1. The van der Waals surface area contributed by atoms with Gasteiger partial charge in [-0.25, -0.2) is 29.5 Å². The monoisotopic (exact) mass is 1240 g/mol. The summed E-state index contributed by atoms with van der Waals surface area (Å²) >= 11 is 24.1. The van der Waals surface area contributed by atoms with E-state index in [9.17, 15) is 26.4 Å². The molecule has 0 atom stereocenters. The Morgan fingerprint density at radius 3 is 1.73 bits per heavy atom. The van der Waals surface area contributed by atoms with Gasteiger partial charge in [0.2, 0.25) is 0 Å². The number of ether oxygens (including phenoxy) is 5. The van der Waals surface area contributed by atoms with Gasteiger partial charge in [-0.1, -0.05) is 70.2 Å². The average molecular weight is 1240 g/mol. The fourth-order valence-corrected chi connectivity index (χ4v) is 8.88. The Balaban J connectivity index is 0.000000209. The van der Waals surface area contributed by atoms with Crippen LogP contribution in [0.3, 0.4) is 0 Å². The van der Waals surface area contributed by atoms with Gasteiger partial charge in [-0.3, -0.25) is 4.55 Å². The number of anilines is 3.